The van der Waals surface area contributed by atoms with Gasteiger partial charge in [-0.25, -0.2) is 0 Å². The van der Waals surface area contributed by atoms with Gasteiger partial charge in [0.1, 0.15) is 15.5 Å². The third-order valence-electron chi connectivity index (χ3n) is 4.62. The Bertz CT molecular complexity index is 868. The van der Waals surface area contributed by atoms with Crippen LogP contribution in [0, 0.1) is 26.2 Å². The highest BCUT2D eigenvalue weighted by Gasteiger charge is 2.69. The fourth-order valence-electron chi connectivity index (χ4n) is 2.85. The first-order valence-corrected chi connectivity index (χ1v) is 8.53. The molecule has 0 aromatic carbocycles. The molecule has 6 nitrogen and oxygen atoms in total. The zero-order valence-corrected chi connectivity index (χ0v) is 15.9. The van der Waals surface area contributed by atoms with E-state index in [1.54, 1.807) is 32.9 Å². The van der Waals surface area contributed by atoms with Crippen LogP contribution in [0.5, 0.6) is 0 Å². The number of carbonyl (C=O) groups excluding carboxylic acids is 2. The summed E-state index contributed by atoms with van der Waals surface area (Å²) in [7, 11) is 0. The van der Waals surface area contributed by atoms with Gasteiger partial charge in [0.25, 0.3) is 0 Å². The minimum Gasteiger partial charge on any atom is -0.457 e. The minimum atomic E-state index is -1.12. The first kappa shape index (κ1) is 18.0. The molecule has 0 amide bonds. The molecule has 3 rings (SSSR count). The van der Waals surface area contributed by atoms with Gasteiger partial charge in [0, 0.05) is 29.4 Å². The van der Waals surface area contributed by atoms with Crippen LogP contribution in [-0.4, -0.2) is 32.4 Å². The fraction of sp³-hybridized carbons (Fsp3) is 0.471. The van der Waals surface area contributed by atoms with Crippen LogP contribution in [0.4, 0.5) is 0 Å². The summed E-state index contributed by atoms with van der Waals surface area (Å²) >= 11 is 11.9. The first-order chi connectivity index (χ1) is 11.6. The van der Waals surface area contributed by atoms with Gasteiger partial charge in [0.15, 0.2) is 12.4 Å². The van der Waals surface area contributed by atoms with Crippen LogP contribution in [-0.2, 0) is 9.53 Å². The predicted molar refractivity (Wildman–Crippen MR) is 92.5 cm³/mol. The Morgan fingerprint density at radius 2 is 1.96 bits per heavy atom. The summed E-state index contributed by atoms with van der Waals surface area (Å²) in [5, 5.41) is 3.97. The van der Waals surface area contributed by atoms with E-state index in [0.717, 1.165) is 5.69 Å². The molecule has 0 saturated heterocycles. The Hall–Kier alpha value is -1.79. The number of ketones is 1. The van der Waals surface area contributed by atoms with Crippen LogP contribution < -0.4 is 0 Å². The van der Waals surface area contributed by atoms with Crippen molar-refractivity contribution in [1.82, 2.24) is 9.72 Å². The Balaban J connectivity index is 1.74. The Morgan fingerprint density at radius 1 is 1.32 bits per heavy atom. The van der Waals surface area contributed by atoms with E-state index in [1.807, 2.05) is 11.5 Å². The van der Waals surface area contributed by atoms with Crippen LogP contribution in [0.15, 0.2) is 16.7 Å². The third-order valence-corrected chi connectivity index (χ3v) is 5.72. The zero-order chi connectivity index (χ0) is 18.6. The lowest BCUT2D eigenvalue weighted by molar-refractivity contribution is -0.148. The maximum Gasteiger partial charge on any atom is 0.315 e. The summed E-state index contributed by atoms with van der Waals surface area (Å²) in [5.41, 5.74) is 1.05. The van der Waals surface area contributed by atoms with Gasteiger partial charge in [0.05, 0.1) is 0 Å². The van der Waals surface area contributed by atoms with E-state index in [2.05, 4.69) is 5.16 Å². The van der Waals surface area contributed by atoms with Gasteiger partial charge in [-0.3, -0.25) is 14.2 Å². The summed E-state index contributed by atoms with van der Waals surface area (Å²) in [4.78, 5) is 24.6. The van der Waals surface area contributed by atoms with Crippen LogP contribution >= 0.6 is 23.2 Å². The van der Waals surface area contributed by atoms with Gasteiger partial charge in [-0.15, -0.1) is 23.2 Å². The molecule has 1 aliphatic rings. The summed E-state index contributed by atoms with van der Waals surface area (Å²) in [5.74, 6) is 0.411. The predicted octanol–water partition coefficient (Wildman–Crippen LogP) is 3.70. The van der Waals surface area contributed by atoms with Gasteiger partial charge in [-0.05, 0) is 33.8 Å². The van der Waals surface area contributed by atoms with Crippen LogP contribution in [0.25, 0.3) is 5.82 Å². The molecule has 0 bridgehead atoms. The maximum absolute atomic E-state index is 12.5. The quantitative estimate of drug-likeness (QED) is 0.446. The molecule has 0 radical (unpaired) electrons. The lowest BCUT2D eigenvalue weighted by atomic mass is 10.1. The number of halogens is 2. The summed E-state index contributed by atoms with van der Waals surface area (Å²) in [6.45, 7) is 6.72. The number of carbonyl (C=O) groups is 2. The molecule has 2 aromatic heterocycles. The molecule has 2 heterocycles. The van der Waals surface area contributed by atoms with Crippen molar-refractivity contribution in [2.24, 2.45) is 5.41 Å². The molecule has 2 aromatic rings. The van der Waals surface area contributed by atoms with Gasteiger partial charge < -0.3 is 9.26 Å². The van der Waals surface area contributed by atoms with Crippen molar-refractivity contribution in [3.05, 3.63) is 34.8 Å². The highest BCUT2D eigenvalue weighted by atomic mass is 35.5. The molecule has 0 N–H and O–H groups in total. The number of ether oxygens (including phenoxy) is 1. The van der Waals surface area contributed by atoms with Gasteiger partial charge in [-0.2, -0.15) is 0 Å². The molecule has 0 unspecified atom stereocenters. The SMILES string of the molecule is Cc1cc(-n2c(C)cc(C(=O)COC(=O)[C@]3(C)CC3(Cl)Cl)c2C)no1. The average molecular weight is 385 g/mol. The monoisotopic (exact) mass is 384 g/mol. The third kappa shape index (κ3) is 2.98. The molecule has 1 aliphatic carbocycles. The van der Waals surface area contributed by atoms with Gasteiger partial charge >= 0.3 is 5.97 Å². The number of aryl methyl sites for hydroxylation is 2. The van der Waals surface area contributed by atoms with Crippen LogP contribution in [0.3, 0.4) is 0 Å². The van der Waals surface area contributed by atoms with E-state index in [-0.39, 0.29) is 12.4 Å². The number of aromatic nitrogens is 2. The summed E-state index contributed by atoms with van der Waals surface area (Å²) in [6.07, 6.45) is 0.316. The van der Waals surface area contributed by atoms with Crippen molar-refractivity contribution in [2.75, 3.05) is 6.61 Å². The van der Waals surface area contributed by atoms with E-state index in [4.69, 9.17) is 32.5 Å². The molecule has 134 valence electrons. The lowest BCUT2D eigenvalue weighted by Crippen LogP contribution is -2.24. The largest absolute Gasteiger partial charge is 0.457 e. The molecular weight excluding hydrogens is 367 g/mol. The number of nitrogens with zero attached hydrogens (tertiary/aromatic N) is 2. The molecule has 0 spiro atoms. The van der Waals surface area contributed by atoms with Gasteiger partial charge in [-0.1, -0.05) is 5.16 Å². The van der Waals surface area contributed by atoms with E-state index >= 15 is 0 Å². The Labute approximate surface area is 155 Å². The highest BCUT2D eigenvalue weighted by molar-refractivity contribution is 6.53. The number of hydrogen-bond acceptors (Lipinski definition) is 5. The van der Waals surface area contributed by atoms with E-state index in [9.17, 15) is 9.59 Å². The zero-order valence-electron chi connectivity index (χ0n) is 14.4. The first-order valence-electron chi connectivity index (χ1n) is 7.78. The minimum absolute atomic E-state index is 0.299. The molecule has 1 saturated carbocycles. The second kappa shape index (κ2) is 5.88. The molecule has 8 heteroatoms. The Morgan fingerprint density at radius 3 is 2.48 bits per heavy atom. The van der Waals surface area contributed by atoms with Crippen LogP contribution in [0.1, 0.15) is 40.9 Å². The number of alkyl halides is 2. The molecular formula is C17H18Cl2N2O4. The second-order valence-corrected chi connectivity index (χ2v) is 8.11. The van der Waals surface area contributed by atoms with Crippen molar-refractivity contribution in [3.8, 4) is 5.82 Å². The standard InChI is InChI=1S/C17H18Cl2N2O4/c1-9-5-12(11(3)21(9)14-6-10(2)25-20-14)13(22)7-24-15(23)16(4)8-17(16,18)19/h5-6H,7-8H2,1-4H3/t16-/m0/s1. The van der Waals surface area contributed by atoms with Gasteiger partial charge in [0.2, 0.25) is 5.78 Å². The van der Waals surface area contributed by atoms with Crippen molar-refractivity contribution in [3.63, 3.8) is 0 Å². The van der Waals surface area contributed by atoms with E-state index in [0.29, 0.717) is 29.3 Å². The number of hydrogen-bond donors (Lipinski definition) is 0. The fourth-order valence-corrected chi connectivity index (χ4v) is 3.53. The Kier molecular flexibility index (Phi) is 4.24. The average Bonchev–Trinajstić information content (AvgIpc) is 2.81. The molecule has 1 fully saturated rings. The number of rotatable bonds is 5. The van der Waals surface area contributed by atoms with Crippen molar-refractivity contribution < 1.29 is 18.8 Å². The molecule has 1 atom stereocenters. The smallest absolute Gasteiger partial charge is 0.315 e. The second-order valence-electron chi connectivity index (χ2n) is 6.63. The molecule has 0 aliphatic heterocycles. The number of esters is 1. The summed E-state index contributed by atoms with van der Waals surface area (Å²) < 4.78 is 10.9. The van der Waals surface area contributed by atoms with E-state index < -0.39 is 15.7 Å². The topological polar surface area (TPSA) is 74.3 Å². The number of Topliss-reactive ketones (excluding diaryl/α,β-unsaturated/α-hetero) is 1. The van der Waals surface area contributed by atoms with Crippen molar-refractivity contribution >= 4 is 35.0 Å². The molecule has 25 heavy (non-hydrogen) atoms. The maximum atomic E-state index is 12.5. The van der Waals surface area contributed by atoms with E-state index in [1.165, 1.54) is 0 Å². The van der Waals surface area contributed by atoms with Crippen LogP contribution in [0.2, 0.25) is 0 Å². The lowest BCUT2D eigenvalue weighted by Gasteiger charge is -2.11. The van der Waals surface area contributed by atoms with Crippen molar-refractivity contribution in [1.29, 1.82) is 0 Å². The highest BCUT2D eigenvalue weighted by Crippen LogP contribution is 2.64. The summed E-state index contributed by atoms with van der Waals surface area (Å²) in [6, 6.07) is 3.52. The normalized spacial score (nSPS) is 21.2. The van der Waals surface area contributed by atoms with Crippen molar-refractivity contribution in [2.45, 2.75) is 38.4 Å².